The standard InChI is InChI=1S/C22H28N2O6S/c1-3-28-19-9-5-4-7-17(19)8-6-12-23-22(25)16-24(31(2,26)27)18-10-11-20-21(15-18)30-14-13-29-20/h4-5,7,9-11,15H,3,6,8,12-14,16H2,1-2H3,(H,23,25). The van der Waals surface area contributed by atoms with Crippen molar-refractivity contribution in [2.45, 2.75) is 19.8 Å². The number of carbonyl (C=O) groups excluding carboxylic acids is 1. The molecule has 0 saturated carbocycles. The Hall–Kier alpha value is -2.94. The molecule has 0 aliphatic carbocycles. The van der Waals surface area contributed by atoms with E-state index in [0.29, 0.717) is 50.0 Å². The van der Waals surface area contributed by atoms with E-state index >= 15 is 0 Å². The molecule has 2 aromatic carbocycles. The minimum atomic E-state index is -3.67. The highest BCUT2D eigenvalue weighted by Crippen LogP contribution is 2.34. The smallest absolute Gasteiger partial charge is 0.240 e. The summed E-state index contributed by atoms with van der Waals surface area (Å²) in [6.07, 6.45) is 2.52. The minimum absolute atomic E-state index is 0.311. The molecule has 0 spiro atoms. The first-order valence-electron chi connectivity index (χ1n) is 10.2. The maximum atomic E-state index is 12.4. The van der Waals surface area contributed by atoms with Crippen molar-refractivity contribution in [3.63, 3.8) is 0 Å². The monoisotopic (exact) mass is 448 g/mol. The van der Waals surface area contributed by atoms with Crippen LogP contribution in [-0.2, 0) is 21.2 Å². The number of anilines is 1. The molecular formula is C22H28N2O6S. The van der Waals surface area contributed by atoms with Gasteiger partial charge in [-0.15, -0.1) is 0 Å². The van der Waals surface area contributed by atoms with Crippen molar-refractivity contribution in [1.82, 2.24) is 5.32 Å². The van der Waals surface area contributed by atoms with E-state index in [-0.39, 0.29) is 12.5 Å². The number of ether oxygens (including phenoxy) is 3. The lowest BCUT2D eigenvalue weighted by molar-refractivity contribution is -0.119. The van der Waals surface area contributed by atoms with Crippen molar-refractivity contribution in [3.05, 3.63) is 48.0 Å². The fraction of sp³-hybridized carbons (Fsp3) is 0.409. The number of para-hydroxylation sites is 1. The first-order chi connectivity index (χ1) is 14.9. The van der Waals surface area contributed by atoms with Crippen LogP contribution in [0.2, 0.25) is 0 Å². The van der Waals surface area contributed by atoms with Gasteiger partial charge in [0.05, 0.1) is 18.6 Å². The summed E-state index contributed by atoms with van der Waals surface area (Å²) in [5.74, 6) is 1.49. The van der Waals surface area contributed by atoms with Crippen LogP contribution in [0.4, 0.5) is 5.69 Å². The van der Waals surface area contributed by atoms with Crippen molar-refractivity contribution in [2.24, 2.45) is 0 Å². The molecule has 31 heavy (non-hydrogen) atoms. The molecule has 0 saturated heterocycles. The first kappa shape index (κ1) is 22.7. The van der Waals surface area contributed by atoms with Gasteiger partial charge < -0.3 is 19.5 Å². The van der Waals surface area contributed by atoms with Gasteiger partial charge in [0.25, 0.3) is 0 Å². The van der Waals surface area contributed by atoms with Gasteiger partial charge in [-0.05, 0) is 43.5 Å². The second-order valence-electron chi connectivity index (χ2n) is 7.09. The largest absolute Gasteiger partial charge is 0.494 e. The SMILES string of the molecule is CCOc1ccccc1CCCNC(=O)CN(c1ccc2c(c1)OCCO2)S(C)(=O)=O. The Bertz CT molecular complexity index is 1010. The molecule has 1 aliphatic heterocycles. The summed E-state index contributed by atoms with van der Waals surface area (Å²) in [6, 6.07) is 12.6. The normalized spacial score (nSPS) is 12.8. The lowest BCUT2D eigenvalue weighted by Crippen LogP contribution is -2.40. The summed E-state index contributed by atoms with van der Waals surface area (Å²) in [7, 11) is -3.67. The van der Waals surface area contributed by atoms with Crippen molar-refractivity contribution in [2.75, 3.05) is 43.5 Å². The van der Waals surface area contributed by atoms with Crippen molar-refractivity contribution in [1.29, 1.82) is 0 Å². The quantitative estimate of drug-likeness (QED) is 0.561. The molecule has 2 aromatic rings. The van der Waals surface area contributed by atoms with Crippen LogP contribution in [0.1, 0.15) is 18.9 Å². The van der Waals surface area contributed by atoms with Crippen LogP contribution in [0.5, 0.6) is 17.2 Å². The maximum absolute atomic E-state index is 12.4. The molecular weight excluding hydrogens is 420 g/mol. The summed E-state index contributed by atoms with van der Waals surface area (Å²) >= 11 is 0. The number of nitrogens with zero attached hydrogens (tertiary/aromatic N) is 1. The zero-order valence-electron chi connectivity index (χ0n) is 17.8. The topological polar surface area (TPSA) is 94.2 Å². The third-order valence-corrected chi connectivity index (χ3v) is 5.86. The molecule has 1 N–H and O–H groups in total. The molecule has 0 radical (unpaired) electrons. The number of carbonyl (C=O) groups is 1. The molecule has 0 fully saturated rings. The number of fused-ring (bicyclic) bond motifs is 1. The average molecular weight is 449 g/mol. The van der Waals surface area contributed by atoms with E-state index in [4.69, 9.17) is 14.2 Å². The van der Waals surface area contributed by atoms with E-state index in [0.717, 1.165) is 28.3 Å². The molecule has 1 amide bonds. The number of hydrogen-bond donors (Lipinski definition) is 1. The highest BCUT2D eigenvalue weighted by molar-refractivity contribution is 7.92. The molecule has 0 atom stereocenters. The average Bonchev–Trinajstić information content (AvgIpc) is 2.75. The van der Waals surface area contributed by atoms with Gasteiger partial charge in [0.15, 0.2) is 11.5 Å². The molecule has 1 aliphatic rings. The number of sulfonamides is 1. The molecule has 1 heterocycles. The fourth-order valence-electron chi connectivity index (χ4n) is 3.29. The number of nitrogens with one attached hydrogen (secondary N) is 1. The summed E-state index contributed by atoms with van der Waals surface area (Å²) in [5, 5.41) is 2.80. The molecule has 0 unspecified atom stereocenters. The van der Waals surface area contributed by atoms with Crippen LogP contribution in [0.15, 0.2) is 42.5 Å². The van der Waals surface area contributed by atoms with Gasteiger partial charge >= 0.3 is 0 Å². The zero-order valence-corrected chi connectivity index (χ0v) is 18.6. The van der Waals surface area contributed by atoms with Crippen molar-refractivity contribution < 1.29 is 27.4 Å². The Kier molecular flexibility index (Phi) is 7.62. The van der Waals surface area contributed by atoms with E-state index < -0.39 is 10.0 Å². The van der Waals surface area contributed by atoms with Crippen LogP contribution in [0, 0.1) is 0 Å². The van der Waals surface area contributed by atoms with E-state index in [1.54, 1.807) is 18.2 Å². The second-order valence-corrected chi connectivity index (χ2v) is 9.00. The number of hydrogen-bond acceptors (Lipinski definition) is 6. The number of amides is 1. The second kappa shape index (κ2) is 10.4. The van der Waals surface area contributed by atoms with E-state index in [1.807, 2.05) is 31.2 Å². The third-order valence-electron chi connectivity index (χ3n) is 4.72. The van der Waals surface area contributed by atoms with Crippen LogP contribution < -0.4 is 23.8 Å². The molecule has 0 aromatic heterocycles. The van der Waals surface area contributed by atoms with Gasteiger partial charge in [-0.3, -0.25) is 9.10 Å². The van der Waals surface area contributed by atoms with Gasteiger partial charge in [-0.25, -0.2) is 8.42 Å². The molecule has 9 heteroatoms. The maximum Gasteiger partial charge on any atom is 0.240 e. The van der Waals surface area contributed by atoms with Crippen molar-refractivity contribution >= 4 is 21.6 Å². The molecule has 3 rings (SSSR count). The highest BCUT2D eigenvalue weighted by atomic mass is 32.2. The summed E-state index contributed by atoms with van der Waals surface area (Å²) in [4.78, 5) is 12.4. The zero-order chi connectivity index (χ0) is 22.3. The molecule has 168 valence electrons. The van der Waals surface area contributed by atoms with Crippen molar-refractivity contribution in [3.8, 4) is 17.2 Å². The van der Waals surface area contributed by atoms with Crippen LogP contribution in [-0.4, -0.2) is 53.5 Å². The Morgan fingerprint density at radius 2 is 1.87 bits per heavy atom. The first-order valence-corrected chi connectivity index (χ1v) is 12.1. The number of benzene rings is 2. The lowest BCUT2D eigenvalue weighted by Gasteiger charge is -2.24. The highest BCUT2D eigenvalue weighted by Gasteiger charge is 2.23. The van der Waals surface area contributed by atoms with Gasteiger partial charge in [0.2, 0.25) is 15.9 Å². The molecule has 8 nitrogen and oxygen atoms in total. The van der Waals surface area contributed by atoms with E-state index in [9.17, 15) is 13.2 Å². The Balaban J connectivity index is 1.57. The number of aryl methyl sites for hydroxylation is 1. The Labute approximate surface area is 183 Å². The van der Waals surface area contributed by atoms with Crippen LogP contribution in [0.25, 0.3) is 0 Å². The van der Waals surface area contributed by atoms with Crippen LogP contribution >= 0.6 is 0 Å². The van der Waals surface area contributed by atoms with Gasteiger partial charge in [0, 0.05) is 12.6 Å². The minimum Gasteiger partial charge on any atom is -0.494 e. The summed E-state index contributed by atoms with van der Waals surface area (Å²) in [5.41, 5.74) is 1.43. The van der Waals surface area contributed by atoms with Crippen LogP contribution in [0.3, 0.4) is 0 Å². The fourth-order valence-corrected chi connectivity index (χ4v) is 4.14. The Morgan fingerprint density at radius 3 is 2.61 bits per heavy atom. The van der Waals surface area contributed by atoms with Gasteiger partial charge in [0.1, 0.15) is 25.5 Å². The molecule has 0 bridgehead atoms. The third kappa shape index (κ3) is 6.27. The van der Waals surface area contributed by atoms with E-state index in [2.05, 4.69) is 5.32 Å². The summed E-state index contributed by atoms with van der Waals surface area (Å²) < 4.78 is 42.3. The lowest BCUT2D eigenvalue weighted by atomic mass is 10.1. The Morgan fingerprint density at radius 1 is 1.13 bits per heavy atom. The van der Waals surface area contributed by atoms with Gasteiger partial charge in [-0.1, -0.05) is 18.2 Å². The van der Waals surface area contributed by atoms with Gasteiger partial charge in [-0.2, -0.15) is 0 Å². The number of rotatable bonds is 10. The summed E-state index contributed by atoms with van der Waals surface area (Å²) in [6.45, 7) is 3.48. The predicted molar refractivity (Wildman–Crippen MR) is 119 cm³/mol. The van der Waals surface area contributed by atoms with E-state index in [1.165, 1.54) is 0 Å². The predicted octanol–water partition coefficient (Wildman–Crippen LogP) is 2.37.